The van der Waals surface area contributed by atoms with Crippen LogP contribution in [-0.2, 0) is 30.3 Å². The Morgan fingerprint density at radius 1 is 0.846 bits per heavy atom. The average Bonchev–Trinajstić information content (AvgIpc) is 2.87. The van der Waals surface area contributed by atoms with E-state index in [-0.39, 0.29) is 30.6 Å². The zero-order chi connectivity index (χ0) is 30.0. The van der Waals surface area contributed by atoms with Crippen molar-refractivity contribution in [2.45, 2.75) is 106 Å². The summed E-state index contributed by atoms with van der Waals surface area (Å²) in [6.07, 6.45) is -0.000207. The minimum atomic E-state index is -1.12. The van der Waals surface area contributed by atoms with E-state index in [2.05, 4.69) is 5.32 Å². The van der Waals surface area contributed by atoms with Gasteiger partial charge in [0.1, 0.15) is 18.2 Å². The lowest BCUT2D eigenvalue weighted by Crippen LogP contribution is -2.42. The molecule has 220 valence electrons. The van der Waals surface area contributed by atoms with Crippen LogP contribution in [-0.4, -0.2) is 54.0 Å². The Kier molecular flexibility index (Phi) is 12.9. The summed E-state index contributed by atoms with van der Waals surface area (Å²) in [5.41, 5.74) is -0.996. The predicted molar refractivity (Wildman–Crippen MR) is 146 cm³/mol. The number of nitrogens with one attached hydrogen (secondary N) is 1. The van der Waals surface area contributed by atoms with Crippen LogP contribution in [0.2, 0.25) is 0 Å². The molecule has 0 radical (unpaired) electrons. The van der Waals surface area contributed by atoms with Crippen molar-refractivity contribution in [2.24, 2.45) is 10.8 Å². The van der Waals surface area contributed by atoms with Gasteiger partial charge in [-0.25, -0.2) is 4.79 Å². The Morgan fingerprint density at radius 2 is 1.36 bits per heavy atom. The molecule has 2 unspecified atom stereocenters. The number of carbonyl (C=O) groups excluding carboxylic acids is 3. The molecule has 0 heterocycles. The maximum Gasteiger partial charge on any atom is 0.508 e. The topological polar surface area (TPSA) is 137 Å². The van der Waals surface area contributed by atoms with Gasteiger partial charge in [-0.2, -0.15) is 0 Å². The van der Waals surface area contributed by atoms with E-state index in [0.29, 0.717) is 24.8 Å². The van der Waals surface area contributed by atoms with Crippen LogP contribution in [0.4, 0.5) is 4.79 Å². The Balaban J connectivity index is 3.11. The highest BCUT2D eigenvalue weighted by molar-refractivity contribution is 5.81. The molecule has 10 nitrogen and oxygen atoms in total. The van der Waals surface area contributed by atoms with E-state index in [4.69, 9.17) is 18.9 Å². The van der Waals surface area contributed by atoms with Crippen molar-refractivity contribution >= 4 is 24.1 Å². The second kappa shape index (κ2) is 14.9. The number of carbonyl (C=O) groups is 4. The van der Waals surface area contributed by atoms with Gasteiger partial charge in [0.15, 0.2) is 11.5 Å². The summed E-state index contributed by atoms with van der Waals surface area (Å²) < 4.78 is 21.5. The molecule has 0 fully saturated rings. The summed E-state index contributed by atoms with van der Waals surface area (Å²) in [6, 6.07) is 3.58. The Labute approximate surface area is 231 Å². The molecule has 2 N–H and O–H groups in total. The molecule has 0 saturated carbocycles. The van der Waals surface area contributed by atoms with Crippen LogP contribution in [0.15, 0.2) is 18.2 Å². The number of benzene rings is 1. The van der Waals surface area contributed by atoms with Crippen molar-refractivity contribution in [3.05, 3.63) is 23.8 Å². The minimum Gasteiger partial charge on any atom is -0.480 e. The number of esters is 2. The van der Waals surface area contributed by atoms with E-state index in [0.717, 1.165) is 0 Å². The number of ether oxygens (including phenoxy) is 4. The zero-order valence-electron chi connectivity index (χ0n) is 24.7. The third kappa shape index (κ3) is 10.9. The molecule has 0 bridgehead atoms. The highest BCUT2D eigenvalue weighted by Crippen LogP contribution is 2.34. The van der Waals surface area contributed by atoms with Crippen LogP contribution in [0.1, 0.15) is 87.1 Å². The highest BCUT2D eigenvalue weighted by Gasteiger charge is 2.32. The van der Waals surface area contributed by atoms with Crippen LogP contribution in [0.3, 0.4) is 0 Å². The van der Waals surface area contributed by atoms with Crippen molar-refractivity contribution < 1.29 is 43.2 Å². The maximum absolute atomic E-state index is 12.8. The fraction of sp³-hybridized carbons (Fsp3) is 0.655. The highest BCUT2D eigenvalue weighted by atomic mass is 16.7. The molecule has 1 aromatic rings. The summed E-state index contributed by atoms with van der Waals surface area (Å²) in [7, 11) is 0. The molecule has 0 aliphatic carbocycles. The first-order valence-electron chi connectivity index (χ1n) is 13.5. The standard InChI is InChI=1S/C29H45NO9/c1-10-18(4)36-27(35)37-19(5)17-30-21(24(31)32)15-20-13-14-22(38-25(33)28(6,7)11-2)23(16-20)39-26(34)29(8,9)12-3/h13-14,16,18-19,21,30H,10-12,15,17H2,1-9H3,(H,31,32)/t18?,19?,21-/m0/s1. The zero-order valence-corrected chi connectivity index (χ0v) is 24.7. The van der Waals surface area contributed by atoms with Gasteiger partial charge in [0, 0.05) is 6.54 Å². The van der Waals surface area contributed by atoms with Gasteiger partial charge in [-0.1, -0.05) is 26.8 Å². The lowest BCUT2D eigenvalue weighted by atomic mass is 9.90. The molecule has 0 saturated heterocycles. The molecule has 10 heteroatoms. The van der Waals surface area contributed by atoms with Gasteiger partial charge in [0.2, 0.25) is 0 Å². The van der Waals surface area contributed by atoms with Gasteiger partial charge in [0.25, 0.3) is 0 Å². The molecule has 1 rings (SSSR count). The van der Waals surface area contributed by atoms with Gasteiger partial charge in [-0.05, 0) is 84.9 Å². The lowest BCUT2D eigenvalue weighted by Gasteiger charge is -2.24. The fourth-order valence-corrected chi connectivity index (χ4v) is 2.88. The number of carboxylic acid groups (broad SMARTS) is 1. The van der Waals surface area contributed by atoms with Gasteiger partial charge in [0.05, 0.1) is 10.8 Å². The number of aliphatic carboxylic acids is 1. The first-order valence-corrected chi connectivity index (χ1v) is 13.5. The van der Waals surface area contributed by atoms with E-state index >= 15 is 0 Å². The monoisotopic (exact) mass is 551 g/mol. The van der Waals surface area contributed by atoms with Gasteiger partial charge in [-0.15, -0.1) is 0 Å². The Hall–Kier alpha value is -3.14. The summed E-state index contributed by atoms with van der Waals surface area (Å²) >= 11 is 0. The second-order valence-electron chi connectivity index (χ2n) is 11.1. The van der Waals surface area contributed by atoms with Gasteiger partial charge < -0.3 is 29.4 Å². The summed E-state index contributed by atoms with van der Waals surface area (Å²) in [4.78, 5) is 49.3. The molecular formula is C29H45NO9. The molecule has 0 amide bonds. The second-order valence-corrected chi connectivity index (χ2v) is 11.1. The third-order valence-corrected chi connectivity index (χ3v) is 6.85. The van der Waals surface area contributed by atoms with Crippen LogP contribution >= 0.6 is 0 Å². The number of rotatable bonds is 15. The van der Waals surface area contributed by atoms with Gasteiger partial charge >= 0.3 is 24.1 Å². The first-order chi connectivity index (χ1) is 18.1. The number of hydrogen-bond acceptors (Lipinski definition) is 9. The molecular weight excluding hydrogens is 506 g/mol. The van der Waals surface area contributed by atoms with Crippen LogP contribution in [0.5, 0.6) is 11.5 Å². The normalized spacial score (nSPS) is 14.1. The third-order valence-electron chi connectivity index (χ3n) is 6.85. The molecule has 0 aliphatic rings. The smallest absolute Gasteiger partial charge is 0.480 e. The van der Waals surface area contributed by atoms with E-state index in [1.807, 2.05) is 20.8 Å². The summed E-state index contributed by atoms with van der Waals surface area (Å²) in [5.74, 6) is -1.98. The van der Waals surface area contributed by atoms with Crippen LogP contribution in [0, 0.1) is 10.8 Å². The van der Waals surface area contributed by atoms with Crippen LogP contribution < -0.4 is 14.8 Å². The van der Waals surface area contributed by atoms with E-state index in [1.165, 1.54) is 12.1 Å². The quantitative estimate of drug-likeness (QED) is 0.218. The Morgan fingerprint density at radius 3 is 1.85 bits per heavy atom. The van der Waals surface area contributed by atoms with Crippen molar-refractivity contribution in [1.29, 1.82) is 0 Å². The molecule has 1 aromatic carbocycles. The average molecular weight is 552 g/mol. The molecule has 39 heavy (non-hydrogen) atoms. The summed E-state index contributed by atoms with van der Waals surface area (Å²) in [5, 5.41) is 12.7. The molecule has 0 spiro atoms. The Bertz CT molecular complexity index is 1000. The lowest BCUT2D eigenvalue weighted by molar-refractivity contribution is -0.147. The summed E-state index contributed by atoms with van der Waals surface area (Å²) in [6.45, 7) is 16.1. The van der Waals surface area contributed by atoms with Crippen molar-refractivity contribution in [2.75, 3.05) is 6.54 Å². The van der Waals surface area contributed by atoms with E-state index in [9.17, 15) is 24.3 Å². The molecule has 0 aliphatic heterocycles. The van der Waals surface area contributed by atoms with Crippen LogP contribution in [0.25, 0.3) is 0 Å². The number of carboxylic acids is 1. The predicted octanol–water partition coefficient (Wildman–Crippen LogP) is 5.30. The minimum absolute atomic E-state index is 0.0236. The first kappa shape index (κ1) is 33.9. The van der Waals surface area contributed by atoms with E-state index in [1.54, 1.807) is 47.6 Å². The van der Waals surface area contributed by atoms with Crippen molar-refractivity contribution in [3.63, 3.8) is 0 Å². The van der Waals surface area contributed by atoms with E-state index < -0.39 is 47.0 Å². The van der Waals surface area contributed by atoms with Crippen molar-refractivity contribution in [3.8, 4) is 11.5 Å². The molecule has 3 atom stereocenters. The number of hydrogen-bond donors (Lipinski definition) is 2. The maximum atomic E-state index is 12.8. The van der Waals surface area contributed by atoms with Crippen molar-refractivity contribution in [1.82, 2.24) is 5.32 Å². The largest absolute Gasteiger partial charge is 0.508 e. The molecule has 0 aromatic heterocycles. The SMILES string of the molecule is CCC(C)OC(=O)OC(C)CN[C@@H](Cc1ccc(OC(=O)C(C)(C)CC)c(OC(=O)C(C)(C)CC)c1)C(=O)O. The fourth-order valence-electron chi connectivity index (χ4n) is 2.88. The van der Waals surface area contributed by atoms with Gasteiger partial charge in [-0.3, -0.25) is 14.4 Å².